The topological polar surface area (TPSA) is 39.5 Å². The van der Waals surface area contributed by atoms with E-state index in [1.54, 1.807) is 0 Å². The van der Waals surface area contributed by atoms with Crippen molar-refractivity contribution in [3.63, 3.8) is 0 Å². The summed E-state index contributed by atoms with van der Waals surface area (Å²) in [5, 5.41) is 0. The molecule has 0 amide bonds. The fourth-order valence-electron chi connectivity index (χ4n) is 3.12. The molecule has 0 spiro atoms. The van der Waals surface area contributed by atoms with Crippen molar-refractivity contribution < 1.29 is 33.7 Å². The summed E-state index contributed by atoms with van der Waals surface area (Å²) >= 11 is 0. The van der Waals surface area contributed by atoms with E-state index in [2.05, 4.69) is 53.2 Å². The fourth-order valence-corrected chi connectivity index (χ4v) is 3.12. The van der Waals surface area contributed by atoms with Crippen LogP contribution in [0.15, 0.2) is 36.4 Å². The van der Waals surface area contributed by atoms with Gasteiger partial charge in [-0.15, -0.1) is 0 Å². The zero-order valence-electron chi connectivity index (χ0n) is 13.2. The molecule has 1 aliphatic rings. The van der Waals surface area contributed by atoms with E-state index in [0.717, 1.165) is 54.8 Å². The Balaban J connectivity index is 0.00000156. The van der Waals surface area contributed by atoms with E-state index in [-0.39, 0.29) is 24.0 Å². The van der Waals surface area contributed by atoms with Crippen LogP contribution in [0.2, 0.25) is 0 Å². The van der Waals surface area contributed by atoms with Crippen LogP contribution in [0, 0.1) is 0 Å². The molecular formula is C18H20IN3O. The molecule has 1 aliphatic heterocycles. The number of ether oxygens (including phenoxy) is 1. The number of morpholine rings is 1. The van der Waals surface area contributed by atoms with Crippen molar-refractivity contribution in [2.24, 2.45) is 0 Å². The summed E-state index contributed by atoms with van der Waals surface area (Å²) in [4.78, 5) is 10.8. The van der Waals surface area contributed by atoms with Crippen molar-refractivity contribution in [1.29, 1.82) is 0 Å². The van der Waals surface area contributed by atoms with Gasteiger partial charge in [0.15, 0.2) is 0 Å². The summed E-state index contributed by atoms with van der Waals surface area (Å²) < 4.78 is 5.43. The van der Waals surface area contributed by atoms with E-state index in [4.69, 9.17) is 9.72 Å². The number of anilines is 1. The maximum absolute atomic E-state index is 5.43. The van der Waals surface area contributed by atoms with Gasteiger partial charge in [0.1, 0.15) is 11.0 Å². The molecule has 2 aromatic carbocycles. The van der Waals surface area contributed by atoms with Crippen LogP contribution in [0.5, 0.6) is 0 Å². The first-order valence-electron chi connectivity index (χ1n) is 7.92. The quantitative estimate of drug-likeness (QED) is 0.418. The van der Waals surface area contributed by atoms with Crippen molar-refractivity contribution in [2.45, 2.75) is 13.3 Å². The highest BCUT2D eigenvalue weighted by Gasteiger charge is 2.15. The van der Waals surface area contributed by atoms with E-state index >= 15 is 0 Å². The minimum absolute atomic E-state index is 0. The SMILES string of the molecule is CCc1cccc2nc3cc(N4CCOCC4)ccc3[nH+]c12.[I-]. The lowest BCUT2D eigenvalue weighted by atomic mass is 10.1. The van der Waals surface area contributed by atoms with Gasteiger partial charge in [-0.25, -0.2) is 9.97 Å². The summed E-state index contributed by atoms with van der Waals surface area (Å²) in [5.74, 6) is 0. The first kappa shape index (κ1) is 16.4. The second kappa shape index (κ2) is 6.97. The van der Waals surface area contributed by atoms with Crippen LogP contribution in [0.25, 0.3) is 22.1 Å². The van der Waals surface area contributed by atoms with Crippen LogP contribution in [-0.4, -0.2) is 31.3 Å². The largest absolute Gasteiger partial charge is 1.00 e. The van der Waals surface area contributed by atoms with Crippen molar-refractivity contribution >= 4 is 27.8 Å². The van der Waals surface area contributed by atoms with Crippen molar-refractivity contribution in [2.75, 3.05) is 31.2 Å². The maximum Gasteiger partial charge on any atom is 0.233 e. The molecule has 0 radical (unpaired) electrons. The highest BCUT2D eigenvalue weighted by Crippen LogP contribution is 2.22. The summed E-state index contributed by atoms with van der Waals surface area (Å²) in [7, 11) is 0. The van der Waals surface area contributed by atoms with Gasteiger partial charge in [-0.05, 0) is 24.6 Å². The molecule has 2 heterocycles. The highest BCUT2D eigenvalue weighted by atomic mass is 127. The predicted molar refractivity (Wildman–Crippen MR) is 88.2 cm³/mol. The summed E-state index contributed by atoms with van der Waals surface area (Å²) in [5.41, 5.74) is 6.82. The summed E-state index contributed by atoms with van der Waals surface area (Å²) in [6, 6.07) is 12.8. The maximum atomic E-state index is 5.43. The number of aromatic amines is 1. The third-order valence-electron chi connectivity index (χ3n) is 4.37. The number of halogens is 1. The molecule has 5 heteroatoms. The van der Waals surface area contributed by atoms with Gasteiger partial charge in [-0.2, -0.15) is 0 Å². The molecule has 4 rings (SSSR count). The Morgan fingerprint density at radius 2 is 1.96 bits per heavy atom. The minimum atomic E-state index is 0. The van der Waals surface area contributed by atoms with E-state index in [0.29, 0.717) is 0 Å². The van der Waals surface area contributed by atoms with Gasteiger partial charge in [-0.3, -0.25) is 0 Å². The van der Waals surface area contributed by atoms with Crippen LogP contribution < -0.4 is 33.9 Å². The summed E-state index contributed by atoms with van der Waals surface area (Å²) in [6.07, 6.45) is 1.01. The normalized spacial score (nSPS) is 14.9. The number of nitrogens with one attached hydrogen (secondary N) is 1. The lowest BCUT2D eigenvalue weighted by Crippen LogP contribution is -3.00. The molecule has 1 saturated heterocycles. The van der Waals surface area contributed by atoms with Crippen molar-refractivity contribution in [3.8, 4) is 0 Å². The first-order chi connectivity index (χ1) is 10.8. The van der Waals surface area contributed by atoms with Gasteiger partial charge in [0.25, 0.3) is 0 Å². The third-order valence-corrected chi connectivity index (χ3v) is 4.37. The lowest BCUT2D eigenvalue weighted by Gasteiger charge is -2.28. The zero-order valence-corrected chi connectivity index (χ0v) is 15.3. The second-order valence-electron chi connectivity index (χ2n) is 5.70. The highest BCUT2D eigenvalue weighted by molar-refractivity contribution is 5.84. The second-order valence-corrected chi connectivity index (χ2v) is 5.70. The average molecular weight is 421 g/mol. The minimum Gasteiger partial charge on any atom is -1.00 e. The van der Waals surface area contributed by atoms with E-state index in [1.807, 2.05) is 0 Å². The molecule has 0 atom stereocenters. The van der Waals surface area contributed by atoms with Gasteiger partial charge >= 0.3 is 0 Å². The lowest BCUT2D eigenvalue weighted by molar-refractivity contribution is -0.311. The smallest absolute Gasteiger partial charge is 0.233 e. The van der Waals surface area contributed by atoms with Gasteiger partial charge in [-0.1, -0.05) is 19.1 Å². The first-order valence-corrected chi connectivity index (χ1v) is 7.92. The Kier molecular flexibility index (Phi) is 4.96. The molecule has 1 fully saturated rings. The monoisotopic (exact) mass is 421 g/mol. The molecule has 0 unspecified atom stereocenters. The number of aromatic nitrogens is 2. The number of nitrogens with zero attached hydrogens (tertiary/aromatic N) is 2. The molecule has 3 aromatic rings. The van der Waals surface area contributed by atoms with Gasteiger partial charge in [0.2, 0.25) is 11.0 Å². The van der Waals surface area contributed by atoms with Gasteiger partial charge in [0.05, 0.1) is 13.2 Å². The summed E-state index contributed by atoms with van der Waals surface area (Å²) in [6.45, 7) is 5.67. The zero-order chi connectivity index (χ0) is 14.9. The number of aryl methyl sites for hydroxylation is 1. The average Bonchev–Trinajstić information content (AvgIpc) is 2.59. The number of fused-ring (bicyclic) bond motifs is 2. The Morgan fingerprint density at radius 1 is 1.13 bits per heavy atom. The molecule has 1 N–H and O–H groups in total. The molecule has 0 aliphatic carbocycles. The molecule has 23 heavy (non-hydrogen) atoms. The van der Waals surface area contributed by atoms with Crippen LogP contribution in [0.4, 0.5) is 5.69 Å². The van der Waals surface area contributed by atoms with E-state index < -0.39 is 0 Å². The Bertz CT molecular complexity index is 831. The number of hydrogen-bond donors (Lipinski definition) is 0. The van der Waals surface area contributed by atoms with Gasteiger partial charge in [0, 0.05) is 30.4 Å². The van der Waals surface area contributed by atoms with Crippen LogP contribution in [0.3, 0.4) is 0 Å². The molecule has 1 aromatic heterocycles. The molecule has 4 nitrogen and oxygen atoms in total. The van der Waals surface area contributed by atoms with Crippen LogP contribution >= 0.6 is 0 Å². The Hall–Kier alpha value is -1.47. The molecule has 0 bridgehead atoms. The molecule has 0 saturated carbocycles. The fraction of sp³-hybridized carbons (Fsp3) is 0.333. The van der Waals surface area contributed by atoms with E-state index in [1.165, 1.54) is 11.3 Å². The standard InChI is InChI=1S/C18H19N3O.HI/c1-2-13-4-3-5-16-18(13)20-15-7-6-14(12-17(15)19-16)21-8-10-22-11-9-21;/h3-7,12H,2,8-11H2,1H3;1H. The van der Waals surface area contributed by atoms with Crippen LogP contribution in [-0.2, 0) is 11.2 Å². The Labute approximate surface area is 152 Å². The predicted octanol–water partition coefficient (Wildman–Crippen LogP) is -0.395. The molecular weight excluding hydrogens is 401 g/mol. The number of rotatable bonds is 2. The van der Waals surface area contributed by atoms with Crippen molar-refractivity contribution in [3.05, 3.63) is 42.0 Å². The van der Waals surface area contributed by atoms with E-state index in [9.17, 15) is 0 Å². The number of benzene rings is 2. The number of para-hydroxylation sites is 1. The van der Waals surface area contributed by atoms with Crippen LogP contribution in [0.1, 0.15) is 12.5 Å². The van der Waals surface area contributed by atoms with Crippen molar-refractivity contribution in [1.82, 2.24) is 4.98 Å². The number of hydrogen-bond acceptors (Lipinski definition) is 3. The molecule has 120 valence electrons. The third kappa shape index (κ3) is 3.12. The Morgan fingerprint density at radius 3 is 2.74 bits per heavy atom. The number of H-pyrrole nitrogens is 1. The van der Waals surface area contributed by atoms with Gasteiger partial charge < -0.3 is 33.6 Å².